The fourth-order valence-electron chi connectivity index (χ4n) is 3.72. The SMILES string of the molecule is Cc1noc(CCCC(=O)N2CCCCC[C@@H]2c2noc(-c3ccccc3)n2)n1. The molecule has 1 atom stereocenters. The van der Waals surface area contributed by atoms with Crippen molar-refractivity contribution in [2.45, 2.75) is 57.9 Å². The third-order valence-corrected chi connectivity index (χ3v) is 5.18. The molecule has 0 N–H and O–H groups in total. The molecule has 2 aromatic heterocycles. The first-order chi connectivity index (χ1) is 14.2. The maximum atomic E-state index is 13.0. The first-order valence-corrected chi connectivity index (χ1v) is 10.2. The van der Waals surface area contributed by atoms with Gasteiger partial charge in [-0.1, -0.05) is 41.4 Å². The third kappa shape index (κ3) is 4.70. The van der Waals surface area contributed by atoms with Gasteiger partial charge in [-0.05, 0) is 38.3 Å². The Morgan fingerprint density at radius 2 is 1.97 bits per heavy atom. The summed E-state index contributed by atoms with van der Waals surface area (Å²) in [4.78, 5) is 23.7. The van der Waals surface area contributed by atoms with E-state index in [1.165, 1.54) is 0 Å². The van der Waals surface area contributed by atoms with Gasteiger partial charge in [0.2, 0.25) is 11.8 Å². The van der Waals surface area contributed by atoms with Crippen molar-refractivity contribution in [3.63, 3.8) is 0 Å². The molecule has 0 aliphatic carbocycles. The number of amides is 1. The zero-order valence-corrected chi connectivity index (χ0v) is 16.6. The molecule has 1 fully saturated rings. The molecule has 1 aromatic carbocycles. The number of carbonyl (C=O) groups excluding carboxylic acids is 1. The first-order valence-electron chi connectivity index (χ1n) is 10.2. The number of aryl methyl sites for hydroxylation is 2. The summed E-state index contributed by atoms with van der Waals surface area (Å²) >= 11 is 0. The molecule has 1 amide bonds. The minimum atomic E-state index is -0.142. The second-order valence-corrected chi connectivity index (χ2v) is 7.36. The molecule has 0 bridgehead atoms. The summed E-state index contributed by atoms with van der Waals surface area (Å²) in [6.07, 6.45) is 5.70. The highest BCUT2D eigenvalue weighted by atomic mass is 16.5. The van der Waals surface area contributed by atoms with Crippen molar-refractivity contribution >= 4 is 5.91 Å². The van der Waals surface area contributed by atoms with Gasteiger partial charge < -0.3 is 13.9 Å². The van der Waals surface area contributed by atoms with E-state index in [9.17, 15) is 4.79 Å². The zero-order chi connectivity index (χ0) is 20.1. The quantitative estimate of drug-likeness (QED) is 0.624. The molecule has 4 rings (SSSR count). The summed E-state index contributed by atoms with van der Waals surface area (Å²) in [5.74, 6) is 2.38. The van der Waals surface area contributed by atoms with Crippen LogP contribution in [0.15, 0.2) is 39.4 Å². The number of nitrogens with zero attached hydrogens (tertiary/aromatic N) is 5. The lowest BCUT2D eigenvalue weighted by Gasteiger charge is -2.27. The number of carbonyl (C=O) groups is 1. The van der Waals surface area contributed by atoms with E-state index in [0.29, 0.717) is 42.7 Å². The maximum Gasteiger partial charge on any atom is 0.257 e. The van der Waals surface area contributed by atoms with Crippen molar-refractivity contribution < 1.29 is 13.8 Å². The predicted molar refractivity (Wildman–Crippen MR) is 105 cm³/mol. The fraction of sp³-hybridized carbons (Fsp3) is 0.476. The van der Waals surface area contributed by atoms with Crippen LogP contribution in [0.2, 0.25) is 0 Å². The van der Waals surface area contributed by atoms with Gasteiger partial charge in [0.1, 0.15) is 0 Å². The molecule has 0 saturated carbocycles. The summed E-state index contributed by atoms with van der Waals surface area (Å²) in [5.41, 5.74) is 0.882. The van der Waals surface area contributed by atoms with Gasteiger partial charge in [0.25, 0.3) is 5.89 Å². The fourth-order valence-corrected chi connectivity index (χ4v) is 3.72. The number of rotatable bonds is 6. The van der Waals surface area contributed by atoms with Gasteiger partial charge in [-0.15, -0.1) is 0 Å². The second-order valence-electron chi connectivity index (χ2n) is 7.36. The van der Waals surface area contributed by atoms with Gasteiger partial charge in [0, 0.05) is 24.9 Å². The average Bonchev–Trinajstić information content (AvgIpc) is 3.31. The van der Waals surface area contributed by atoms with Crippen LogP contribution in [0, 0.1) is 6.92 Å². The van der Waals surface area contributed by atoms with Crippen LogP contribution >= 0.6 is 0 Å². The molecule has 0 unspecified atom stereocenters. The highest BCUT2D eigenvalue weighted by molar-refractivity contribution is 5.76. The standard InChI is InChI=1S/C21H25N5O3/c1-15-22-18(28-24-15)12-8-13-19(27)26-14-7-3-6-11-17(26)20-23-21(29-25-20)16-9-4-2-5-10-16/h2,4-5,9-10,17H,3,6-8,11-14H2,1H3/t17-/m1/s1. The minimum Gasteiger partial charge on any atom is -0.339 e. The van der Waals surface area contributed by atoms with Crippen LogP contribution in [0.3, 0.4) is 0 Å². The van der Waals surface area contributed by atoms with Crippen LogP contribution in [0.25, 0.3) is 11.5 Å². The van der Waals surface area contributed by atoms with E-state index < -0.39 is 0 Å². The lowest BCUT2D eigenvalue weighted by Crippen LogP contribution is -2.35. The Balaban J connectivity index is 1.44. The van der Waals surface area contributed by atoms with E-state index in [4.69, 9.17) is 9.05 Å². The topological polar surface area (TPSA) is 98.2 Å². The average molecular weight is 395 g/mol. The summed E-state index contributed by atoms with van der Waals surface area (Å²) in [6.45, 7) is 2.51. The Morgan fingerprint density at radius 1 is 1.10 bits per heavy atom. The Morgan fingerprint density at radius 3 is 2.76 bits per heavy atom. The van der Waals surface area contributed by atoms with Gasteiger partial charge in [0.05, 0.1) is 6.04 Å². The van der Waals surface area contributed by atoms with Crippen LogP contribution in [0.1, 0.15) is 62.1 Å². The number of hydrogen-bond acceptors (Lipinski definition) is 7. The van der Waals surface area contributed by atoms with Crippen LogP contribution in [0.5, 0.6) is 0 Å². The number of aromatic nitrogens is 4. The Kier molecular flexibility index (Phi) is 5.97. The Hall–Kier alpha value is -3.03. The monoisotopic (exact) mass is 395 g/mol. The van der Waals surface area contributed by atoms with E-state index in [2.05, 4.69) is 20.3 Å². The molecule has 1 saturated heterocycles. The van der Waals surface area contributed by atoms with Crippen molar-refractivity contribution in [2.24, 2.45) is 0 Å². The molecule has 3 heterocycles. The molecule has 1 aliphatic heterocycles. The normalized spacial score (nSPS) is 17.3. The largest absolute Gasteiger partial charge is 0.339 e. The number of hydrogen-bond donors (Lipinski definition) is 0. The van der Waals surface area contributed by atoms with Crippen LogP contribution in [-0.4, -0.2) is 37.6 Å². The van der Waals surface area contributed by atoms with Crippen molar-refractivity contribution in [1.82, 2.24) is 25.2 Å². The molecule has 152 valence electrons. The molecular weight excluding hydrogens is 370 g/mol. The molecule has 8 nitrogen and oxygen atoms in total. The Bertz CT molecular complexity index is 937. The smallest absolute Gasteiger partial charge is 0.257 e. The van der Waals surface area contributed by atoms with Crippen molar-refractivity contribution in [1.29, 1.82) is 0 Å². The van der Waals surface area contributed by atoms with Gasteiger partial charge >= 0.3 is 0 Å². The first kappa shape index (κ1) is 19.3. The van der Waals surface area contributed by atoms with Crippen LogP contribution in [-0.2, 0) is 11.2 Å². The Labute approximate surface area is 169 Å². The molecule has 0 radical (unpaired) electrons. The molecule has 8 heteroatoms. The van der Waals surface area contributed by atoms with Crippen molar-refractivity contribution in [3.8, 4) is 11.5 Å². The molecular formula is C21H25N5O3. The van der Waals surface area contributed by atoms with E-state index >= 15 is 0 Å². The van der Waals surface area contributed by atoms with E-state index in [1.807, 2.05) is 35.2 Å². The van der Waals surface area contributed by atoms with Gasteiger partial charge in [-0.25, -0.2) is 0 Å². The zero-order valence-electron chi connectivity index (χ0n) is 16.6. The highest BCUT2D eigenvalue weighted by Crippen LogP contribution is 2.30. The lowest BCUT2D eigenvalue weighted by atomic mass is 10.1. The molecule has 3 aromatic rings. The predicted octanol–water partition coefficient (Wildman–Crippen LogP) is 3.89. The van der Waals surface area contributed by atoms with E-state index in [1.54, 1.807) is 6.92 Å². The number of benzene rings is 1. The molecule has 29 heavy (non-hydrogen) atoms. The number of likely N-dealkylation sites (tertiary alicyclic amines) is 1. The summed E-state index contributed by atoms with van der Waals surface area (Å²) in [5, 5.41) is 8.00. The summed E-state index contributed by atoms with van der Waals surface area (Å²) in [7, 11) is 0. The van der Waals surface area contributed by atoms with Gasteiger partial charge in [-0.2, -0.15) is 9.97 Å². The minimum absolute atomic E-state index is 0.110. The van der Waals surface area contributed by atoms with E-state index in [-0.39, 0.29) is 11.9 Å². The third-order valence-electron chi connectivity index (χ3n) is 5.18. The van der Waals surface area contributed by atoms with Gasteiger partial charge in [-0.3, -0.25) is 4.79 Å². The summed E-state index contributed by atoms with van der Waals surface area (Å²) < 4.78 is 10.6. The van der Waals surface area contributed by atoms with Crippen molar-refractivity contribution in [2.75, 3.05) is 6.54 Å². The van der Waals surface area contributed by atoms with E-state index in [0.717, 1.165) is 37.8 Å². The second kappa shape index (κ2) is 8.98. The molecule has 1 aliphatic rings. The lowest BCUT2D eigenvalue weighted by molar-refractivity contribution is -0.134. The summed E-state index contributed by atoms with van der Waals surface area (Å²) in [6, 6.07) is 9.55. The van der Waals surface area contributed by atoms with Crippen LogP contribution < -0.4 is 0 Å². The maximum absolute atomic E-state index is 13.0. The highest BCUT2D eigenvalue weighted by Gasteiger charge is 2.30. The van der Waals surface area contributed by atoms with Crippen LogP contribution in [0.4, 0.5) is 0 Å². The molecule has 0 spiro atoms. The van der Waals surface area contributed by atoms with Gasteiger partial charge in [0.15, 0.2) is 11.6 Å². The van der Waals surface area contributed by atoms with Crippen molar-refractivity contribution in [3.05, 3.63) is 47.9 Å².